The molecule has 0 heterocycles. The molecule has 84 valence electrons. The van der Waals surface area contributed by atoms with Crippen LogP contribution in [-0.4, -0.2) is 19.0 Å². The van der Waals surface area contributed by atoms with Crippen LogP contribution in [0.4, 0.5) is 10.1 Å². The van der Waals surface area contributed by atoms with Crippen molar-refractivity contribution in [3.8, 4) is 0 Å². The zero-order chi connectivity index (χ0) is 12.1. The lowest BCUT2D eigenvalue weighted by molar-refractivity contribution is -0.111. The third kappa shape index (κ3) is 2.44. The standard InChI is InChI=1S/C11H10FNO3/c1-3-9(14)13-8-6-4-5-7(12)10(8)11(15)16-2/h3-6H,1H2,2H3,(H,13,14). The monoisotopic (exact) mass is 223 g/mol. The highest BCUT2D eigenvalue weighted by Crippen LogP contribution is 2.19. The van der Waals surface area contributed by atoms with Crippen LogP contribution in [0.25, 0.3) is 0 Å². The van der Waals surface area contributed by atoms with Gasteiger partial charge < -0.3 is 10.1 Å². The molecule has 0 unspecified atom stereocenters. The Hall–Kier alpha value is -2.17. The minimum absolute atomic E-state index is 0.0525. The molecule has 0 atom stereocenters. The molecule has 0 aromatic heterocycles. The Morgan fingerprint density at radius 2 is 2.19 bits per heavy atom. The minimum Gasteiger partial charge on any atom is -0.465 e. The maximum atomic E-state index is 13.4. The average Bonchev–Trinajstić information content (AvgIpc) is 2.28. The lowest BCUT2D eigenvalue weighted by Gasteiger charge is -2.08. The summed E-state index contributed by atoms with van der Waals surface area (Å²) in [6.45, 7) is 3.25. The van der Waals surface area contributed by atoms with Gasteiger partial charge in [-0.05, 0) is 18.2 Å². The molecule has 16 heavy (non-hydrogen) atoms. The van der Waals surface area contributed by atoms with E-state index < -0.39 is 17.7 Å². The fraction of sp³-hybridized carbons (Fsp3) is 0.0909. The van der Waals surface area contributed by atoms with Gasteiger partial charge in [0, 0.05) is 0 Å². The summed E-state index contributed by atoms with van der Waals surface area (Å²) in [7, 11) is 1.13. The molecule has 0 radical (unpaired) electrons. The molecule has 1 amide bonds. The Bertz CT molecular complexity index is 443. The summed E-state index contributed by atoms with van der Waals surface area (Å²) in [4.78, 5) is 22.3. The summed E-state index contributed by atoms with van der Waals surface area (Å²) in [5, 5.41) is 2.32. The number of methoxy groups -OCH3 is 1. The number of carbonyl (C=O) groups excluding carboxylic acids is 2. The molecule has 0 fully saturated rings. The van der Waals surface area contributed by atoms with Crippen LogP contribution >= 0.6 is 0 Å². The molecule has 1 aromatic rings. The summed E-state index contributed by atoms with van der Waals surface area (Å²) >= 11 is 0. The van der Waals surface area contributed by atoms with Gasteiger partial charge in [0.1, 0.15) is 11.4 Å². The van der Waals surface area contributed by atoms with Crippen LogP contribution in [0.15, 0.2) is 30.9 Å². The van der Waals surface area contributed by atoms with E-state index in [0.29, 0.717) is 0 Å². The van der Waals surface area contributed by atoms with E-state index in [2.05, 4.69) is 16.6 Å². The van der Waals surface area contributed by atoms with E-state index in [1.54, 1.807) is 0 Å². The number of ether oxygens (including phenoxy) is 1. The molecule has 1 rings (SSSR count). The molecule has 0 bridgehead atoms. The quantitative estimate of drug-likeness (QED) is 0.627. The topological polar surface area (TPSA) is 55.4 Å². The van der Waals surface area contributed by atoms with Crippen molar-refractivity contribution in [1.29, 1.82) is 0 Å². The van der Waals surface area contributed by atoms with Gasteiger partial charge in [0.05, 0.1) is 12.8 Å². The highest BCUT2D eigenvalue weighted by molar-refractivity contribution is 6.04. The van der Waals surface area contributed by atoms with Crippen molar-refractivity contribution in [1.82, 2.24) is 0 Å². The second kappa shape index (κ2) is 5.06. The van der Waals surface area contributed by atoms with Crippen molar-refractivity contribution in [2.45, 2.75) is 0 Å². The third-order valence-corrected chi connectivity index (χ3v) is 1.85. The number of amides is 1. The first-order chi connectivity index (χ1) is 7.60. The predicted octanol–water partition coefficient (Wildman–Crippen LogP) is 1.74. The number of halogens is 1. The zero-order valence-corrected chi connectivity index (χ0v) is 8.62. The van der Waals surface area contributed by atoms with Gasteiger partial charge in [0.2, 0.25) is 5.91 Å². The highest BCUT2D eigenvalue weighted by atomic mass is 19.1. The first-order valence-electron chi connectivity index (χ1n) is 4.40. The van der Waals surface area contributed by atoms with Crippen LogP contribution in [0.2, 0.25) is 0 Å². The van der Waals surface area contributed by atoms with E-state index in [1.165, 1.54) is 12.1 Å². The largest absolute Gasteiger partial charge is 0.465 e. The molecule has 0 aliphatic carbocycles. The van der Waals surface area contributed by atoms with E-state index in [4.69, 9.17) is 0 Å². The third-order valence-electron chi connectivity index (χ3n) is 1.85. The number of benzene rings is 1. The summed E-state index contributed by atoms with van der Waals surface area (Å²) in [6, 6.07) is 3.88. The molecule has 0 saturated heterocycles. The molecule has 1 N–H and O–H groups in total. The van der Waals surface area contributed by atoms with Gasteiger partial charge in [-0.25, -0.2) is 9.18 Å². The minimum atomic E-state index is -0.850. The Balaban J connectivity index is 3.17. The second-order valence-corrected chi connectivity index (χ2v) is 2.85. The molecular formula is C11H10FNO3. The Morgan fingerprint density at radius 3 is 2.75 bits per heavy atom. The van der Waals surface area contributed by atoms with Gasteiger partial charge in [-0.1, -0.05) is 12.6 Å². The zero-order valence-electron chi connectivity index (χ0n) is 8.62. The van der Waals surface area contributed by atoms with Crippen molar-refractivity contribution in [2.75, 3.05) is 12.4 Å². The number of anilines is 1. The number of rotatable bonds is 3. The molecule has 4 nitrogen and oxygen atoms in total. The maximum absolute atomic E-state index is 13.4. The smallest absolute Gasteiger partial charge is 0.342 e. The van der Waals surface area contributed by atoms with E-state index in [9.17, 15) is 14.0 Å². The predicted molar refractivity (Wildman–Crippen MR) is 56.6 cm³/mol. The lowest BCUT2D eigenvalue weighted by Crippen LogP contribution is -2.14. The van der Waals surface area contributed by atoms with E-state index in [-0.39, 0.29) is 11.3 Å². The van der Waals surface area contributed by atoms with E-state index in [1.807, 2.05) is 0 Å². The first kappa shape index (κ1) is 11.9. The SMILES string of the molecule is C=CC(=O)Nc1cccc(F)c1C(=O)OC. The molecule has 5 heteroatoms. The number of nitrogens with one attached hydrogen (secondary N) is 1. The van der Waals surface area contributed by atoms with Gasteiger partial charge in [0.25, 0.3) is 0 Å². The number of carbonyl (C=O) groups is 2. The number of hydrogen-bond acceptors (Lipinski definition) is 3. The first-order valence-corrected chi connectivity index (χ1v) is 4.40. The van der Waals surface area contributed by atoms with Crippen LogP contribution in [0.5, 0.6) is 0 Å². The van der Waals surface area contributed by atoms with Crippen LogP contribution in [-0.2, 0) is 9.53 Å². The molecule has 0 aliphatic rings. The van der Waals surface area contributed by atoms with Crippen LogP contribution in [0, 0.1) is 5.82 Å². The average molecular weight is 223 g/mol. The van der Waals surface area contributed by atoms with Gasteiger partial charge in [-0.3, -0.25) is 4.79 Å². The van der Waals surface area contributed by atoms with Crippen molar-refractivity contribution in [2.24, 2.45) is 0 Å². The molecule has 1 aromatic carbocycles. The van der Waals surface area contributed by atoms with Crippen LogP contribution in [0.3, 0.4) is 0 Å². The van der Waals surface area contributed by atoms with Gasteiger partial charge in [0.15, 0.2) is 0 Å². The molecular weight excluding hydrogens is 213 g/mol. The van der Waals surface area contributed by atoms with E-state index >= 15 is 0 Å². The fourth-order valence-corrected chi connectivity index (χ4v) is 1.12. The molecule has 0 aliphatic heterocycles. The highest BCUT2D eigenvalue weighted by Gasteiger charge is 2.17. The summed E-state index contributed by atoms with van der Waals surface area (Å²) in [5.41, 5.74) is -0.253. The summed E-state index contributed by atoms with van der Waals surface area (Å²) < 4.78 is 17.8. The number of esters is 1. The van der Waals surface area contributed by atoms with E-state index in [0.717, 1.165) is 19.3 Å². The summed E-state index contributed by atoms with van der Waals surface area (Å²) in [5.74, 6) is -2.14. The lowest BCUT2D eigenvalue weighted by atomic mass is 10.1. The van der Waals surface area contributed by atoms with Crippen molar-refractivity contribution < 1.29 is 18.7 Å². The Labute approximate surface area is 91.7 Å². The van der Waals surface area contributed by atoms with Gasteiger partial charge in [-0.15, -0.1) is 0 Å². The normalized spacial score (nSPS) is 9.38. The van der Waals surface area contributed by atoms with Gasteiger partial charge in [-0.2, -0.15) is 0 Å². The fourth-order valence-electron chi connectivity index (χ4n) is 1.12. The van der Waals surface area contributed by atoms with Crippen molar-refractivity contribution in [3.63, 3.8) is 0 Å². The number of hydrogen-bond donors (Lipinski definition) is 1. The van der Waals surface area contributed by atoms with Gasteiger partial charge >= 0.3 is 5.97 Å². The summed E-state index contributed by atoms with van der Waals surface area (Å²) in [6.07, 6.45) is 1.02. The molecule has 0 saturated carbocycles. The van der Waals surface area contributed by atoms with Crippen LogP contribution in [0.1, 0.15) is 10.4 Å². The van der Waals surface area contributed by atoms with Crippen molar-refractivity contribution in [3.05, 3.63) is 42.2 Å². The molecule has 0 spiro atoms. The van der Waals surface area contributed by atoms with Crippen molar-refractivity contribution >= 4 is 17.6 Å². The van der Waals surface area contributed by atoms with Crippen LogP contribution < -0.4 is 5.32 Å². The maximum Gasteiger partial charge on any atom is 0.342 e. The second-order valence-electron chi connectivity index (χ2n) is 2.85. The Morgan fingerprint density at radius 1 is 1.50 bits per heavy atom. The Kier molecular flexibility index (Phi) is 3.77.